The third-order valence-electron chi connectivity index (χ3n) is 4.26. The van der Waals surface area contributed by atoms with E-state index in [9.17, 15) is 9.59 Å². The lowest BCUT2D eigenvalue weighted by Crippen LogP contribution is -2.51. The van der Waals surface area contributed by atoms with Crippen LogP contribution in [0.1, 0.15) is 25.8 Å². The van der Waals surface area contributed by atoms with Gasteiger partial charge in [0.15, 0.2) is 0 Å². The van der Waals surface area contributed by atoms with Gasteiger partial charge in [-0.2, -0.15) is 0 Å². The maximum Gasteiger partial charge on any atom is 0.242 e. The van der Waals surface area contributed by atoms with Crippen molar-refractivity contribution in [2.75, 3.05) is 44.2 Å². The second kappa shape index (κ2) is 7.99. The van der Waals surface area contributed by atoms with Gasteiger partial charge >= 0.3 is 0 Å². The fourth-order valence-corrected chi connectivity index (χ4v) is 2.92. The molecule has 23 heavy (non-hydrogen) atoms. The van der Waals surface area contributed by atoms with E-state index < -0.39 is 0 Å². The number of nitrogens with zero attached hydrogens (tertiary/aromatic N) is 3. The molecule has 0 spiro atoms. The molecule has 0 bridgehead atoms. The molecule has 0 aliphatic carbocycles. The zero-order chi connectivity index (χ0) is 16.8. The van der Waals surface area contributed by atoms with Gasteiger partial charge in [-0.3, -0.25) is 9.59 Å². The van der Waals surface area contributed by atoms with Crippen molar-refractivity contribution in [1.82, 2.24) is 9.80 Å². The van der Waals surface area contributed by atoms with Crippen LogP contribution in [0.15, 0.2) is 24.3 Å². The summed E-state index contributed by atoms with van der Waals surface area (Å²) in [4.78, 5) is 29.8. The van der Waals surface area contributed by atoms with Crippen LogP contribution in [0.25, 0.3) is 0 Å². The first-order valence-corrected chi connectivity index (χ1v) is 8.36. The van der Waals surface area contributed by atoms with Crippen LogP contribution in [-0.4, -0.2) is 60.9 Å². The summed E-state index contributed by atoms with van der Waals surface area (Å²) in [5.41, 5.74) is 2.46. The minimum Gasteiger partial charge on any atom is -0.368 e. The Hall–Kier alpha value is -2.04. The van der Waals surface area contributed by atoms with Crippen molar-refractivity contribution in [3.8, 4) is 0 Å². The first-order valence-electron chi connectivity index (χ1n) is 8.36. The van der Waals surface area contributed by atoms with E-state index in [1.54, 1.807) is 4.90 Å². The van der Waals surface area contributed by atoms with E-state index in [0.717, 1.165) is 19.5 Å². The number of anilines is 1. The van der Waals surface area contributed by atoms with Gasteiger partial charge in [0, 0.05) is 45.3 Å². The lowest BCUT2D eigenvalue weighted by atomic mass is 10.2. The quantitative estimate of drug-likeness (QED) is 0.833. The molecule has 2 amide bonds. The maximum atomic E-state index is 12.4. The van der Waals surface area contributed by atoms with Crippen LogP contribution in [-0.2, 0) is 9.59 Å². The molecule has 1 saturated heterocycles. The molecular formula is C18H27N3O2. The molecule has 1 aromatic rings. The van der Waals surface area contributed by atoms with Crippen LogP contribution in [0.5, 0.6) is 0 Å². The van der Waals surface area contributed by atoms with Crippen LogP contribution >= 0.6 is 0 Å². The average Bonchev–Trinajstić information content (AvgIpc) is 2.54. The second-order valence-corrected chi connectivity index (χ2v) is 6.15. The van der Waals surface area contributed by atoms with Gasteiger partial charge in [-0.1, -0.05) is 19.1 Å². The normalized spacial score (nSPS) is 14.7. The highest BCUT2D eigenvalue weighted by molar-refractivity contribution is 5.84. The van der Waals surface area contributed by atoms with E-state index in [0.29, 0.717) is 19.6 Å². The third-order valence-corrected chi connectivity index (χ3v) is 4.26. The molecule has 2 rings (SSSR count). The van der Waals surface area contributed by atoms with Crippen molar-refractivity contribution in [2.45, 2.75) is 27.2 Å². The lowest BCUT2D eigenvalue weighted by Gasteiger charge is -2.37. The van der Waals surface area contributed by atoms with Crippen LogP contribution in [0.4, 0.5) is 5.69 Å². The number of piperazine rings is 1. The molecule has 1 fully saturated rings. The van der Waals surface area contributed by atoms with Crippen molar-refractivity contribution in [1.29, 1.82) is 0 Å². The number of hydrogen-bond acceptors (Lipinski definition) is 3. The van der Waals surface area contributed by atoms with Gasteiger partial charge in [-0.05, 0) is 31.0 Å². The molecule has 0 saturated carbocycles. The summed E-state index contributed by atoms with van der Waals surface area (Å²) < 4.78 is 0. The standard InChI is InChI=1S/C18H27N3O2/c1-4-8-21(16(3)22)14-18(23)20-11-9-19(10-12-20)17-7-5-6-15(2)13-17/h5-7,13H,4,8-12,14H2,1-3H3. The van der Waals surface area contributed by atoms with E-state index in [1.165, 1.54) is 18.2 Å². The van der Waals surface area contributed by atoms with Crippen molar-refractivity contribution in [3.05, 3.63) is 29.8 Å². The summed E-state index contributed by atoms with van der Waals surface area (Å²) in [7, 11) is 0. The van der Waals surface area contributed by atoms with Crippen LogP contribution in [0, 0.1) is 6.92 Å². The Morgan fingerprint density at radius 1 is 1.17 bits per heavy atom. The predicted molar refractivity (Wildman–Crippen MR) is 92.5 cm³/mol. The van der Waals surface area contributed by atoms with E-state index in [4.69, 9.17) is 0 Å². The minimum absolute atomic E-state index is 0.0291. The second-order valence-electron chi connectivity index (χ2n) is 6.15. The fraction of sp³-hybridized carbons (Fsp3) is 0.556. The highest BCUT2D eigenvalue weighted by Crippen LogP contribution is 2.17. The summed E-state index contributed by atoms with van der Waals surface area (Å²) >= 11 is 0. The number of aryl methyl sites for hydroxylation is 1. The number of hydrogen-bond donors (Lipinski definition) is 0. The van der Waals surface area contributed by atoms with Gasteiger partial charge in [-0.15, -0.1) is 0 Å². The van der Waals surface area contributed by atoms with Crippen molar-refractivity contribution in [3.63, 3.8) is 0 Å². The van der Waals surface area contributed by atoms with Gasteiger partial charge in [-0.25, -0.2) is 0 Å². The fourth-order valence-electron chi connectivity index (χ4n) is 2.92. The molecule has 1 aliphatic heterocycles. The number of carbonyl (C=O) groups is 2. The Labute approximate surface area is 138 Å². The lowest BCUT2D eigenvalue weighted by molar-refractivity contribution is -0.139. The Morgan fingerprint density at radius 3 is 2.43 bits per heavy atom. The predicted octanol–water partition coefficient (Wildman–Crippen LogP) is 1.90. The molecule has 126 valence electrons. The molecule has 1 aromatic carbocycles. The number of rotatable bonds is 5. The number of carbonyl (C=O) groups excluding carboxylic acids is 2. The first kappa shape index (κ1) is 17.3. The topological polar surface area (TPSA) is 43.9 Å². The highest BCUT2D eigenvalue weighted by atomic mass is 16.2. The Morgan fingerprint density at radius 2 is 1.87 bits per heavy atom. The molecule has 5 nitrogen and oxygen atoms in total. The molecule has 5 heteroatoms. The van der Waals surface area contributed by atoms with E-state index >= 15 is 0 Å². The Kier molecular flexibility index (Phi) is 6.02. The van der Waals surface area contributed by atoms with Gasteiger partial charge in [0.2, 0.25) is 11.8 Å². The zero-order valence-electron chi connectivity index (χ0n) is 14.4. The molecule has 0 aromatic heterocycles. The molecule has 0 unspecified atom stereocenters. The minimum atomic E-state index is -0.0291. The van der Waals surface area contributed by atoms with Gasteiger partial charge in [0.25, 0.3) is 0 Å². The zero-order valence-corrected chi connectivity index (χ0v) is 14.4. The van der Waals surface area contributed by atoms with E-state index in [2.05, 4.69) is 36.1 Å². The largest absolute Gasteiger partial charge is 0.368 e. The monoisotopic (exact) mass is 317 g/mol. The van der Waals surface area contributed by atoms with Crippen molar-refractivity contribution < 1.29 is 9.59 Å². The van der Waals surface area contributed by atoms with Gasteiger partial charge < -0.3 is 14.7 Å². The van der Waals surface area contributed by atoms with Crippen LogP contribution in [0.2, 0.25) is 0 Å². The molecule has 0 N–H and O–H groups in total. The van der Waals surface area contributed by atoms with Crippen molar-refractivity contribution in [2.24, 2.45) is 0 Å². The molecule has 0 atom stereocenters. The number of amides is 2. The third kappa shape index (κ3) is 4.71. The van der Waals surface area contributed by atoms with Gasteiger partial charge in [0.1, 0.15) is 0 Å². The summed E-state index contributed by atoms with van der Waals surface area (Å²) in [6, 6.07) is 8.45. The Bertz CT molecular complexity index is 551. The SMILES string of the molecule is CCCN(CC(=O)N1CCN(c2cccc(C)c2)CC1)C(C)=O. The summed E-state index contributed by atoms with van der Waals surface area (Å²) in [6.45, 7) is 9.58. The summed E-state index contributed by atoms with van der Waals surface area (Å²) in [5, 5.41) is 0. The molecular weight excluding hydrogens is 290 g/mol. The highest BCUT2D eigenvalue weighted by Gasteiger charge is 2.23. The molecule has 0 radical (unpaired) electrons. The van der Waals surface area contributed by atoms with E-state index in [1.807, 2.05) is 11.8 Å². The van der Waals surface area contributed by atoms with Crippen molar-refractivity contribution >= 4 is 17.5 Å². The summed E-state index contributed by atoms with van der Waals surface area (Å²) in [5.74, 6) is 0.0242. The molecule has 1 heterocycles. The average molecular weight is 317 g/mol. The van der Waals surface area contributed by atoms with E-state index in [-0.39, 0.29) is 18.4 Å². The first-order chi connectivity index (χ1) is 11.0. The van der Waals surface area contributed by atoms with Crippen LogP contribution < -0.4 is 4.90 Å². The Balaban J connectivity index is 1.88. The smallest absolute Gasteiger partial charge is 0.242 e. The number of benzene rings is 1. The molecule has 1 aliphatic rings. The van der Waals surface area contributed by atoms with Crippen LogP contribution in [0.3, 0.4) is 0 Å². The summed E-state index contributed by atoms with van der Waals surface area (Å²) in [6.07, 6.45) is 0.869. The maximum absolute atomic E-state index is 12.4. The van der Waals surface area contributed by atoms with Gasteiger partial charge in [0.05, 0.1) is 6.54 Å².